The number of hydrogen-bond acceptors (Lipinski definition) is 3. The Morgan fingerprint density at radius 3 is 2.59 bits per heavy atom. The van der Waals surface area contributed by atoms with Gasteiger partial charge in [0, 0.05) is 10.9 Å². The second kappa shape index (κ2) is 7.61. The number of nitrogens with one attached hydrogen (secondary N) is 1. The molecule has 1 aliphatic heterocycles. The van der Waals surface area contributed by atoms with Gasteiger partial charge in [-0.15, -0.1) is 0 Å². The number of halogens is 1. The molecular formula is C16H22ClN3O2. The molecular weight excluding hydrogens is 302 g/mol. The Hall–Kier alpha value is -1.59. The third kappa shape index (κ3) is 4.45. The van der Waals surface area contributed by atoms with Gasteiger partial charge in [-0.1, -0.05) is 29.8 Å². The monoisotopic (exact) mass is 323 g/mol. The largest absolute Gasteiger partial charge is 0.369 e. The second-order valence-corrected chi connectivity index (χ2v) is 6.17. The first-order valence-corrected chi connectivity index (χ1v) is 7.90. The van der Waals surface area contributed by atoms with Gasteiger partial charge in [0.05, 0.1) is 12.6 Å². The topological polar surface area (TPSA) is 75.4 Å². The molecule has 0 aliphatic carbocycles. The van der Waals surface area contributed by atoms with Crippen molar-refractivity contribution >= 4 is 23.4 Å². The van der Waals surface area contributed by atoms with E-state index in [1.54, 1.807) is 0 Å². The fourth-order valence-electron chi connectivity index (χ4n) is 2.77. The average Bonchev–Trinajstić information content (AvgIpc) is 2.48. The standard InChI is InChI=1S/C16H22ClN3O2/c1-11(13-4-2-3-5-14(13)17)19-15(21)10-20-8-6-12(7-9-20)16(18)22/h2-5,11-12H,6-10H2,1H3,(H2,18,22)(H,19,21)/t11-/m1/s1. The van der Waals surface area contributed by atoms with Crippen molar-refractivity contribution in [2.24, 2.45) is 11.7 Å². The predicted molar refractivity (Wildman–Crippen MR) is 86.4 cm³/mol. The minimum absolute atomic E-state index is 0.0371. The van der Waals surface area contributed by atoms with E-state index in [1.165, 1.54) is 0 Å². The third-order valence-electron chi connectivity index (χ3n) is 4.11. The first kappa shape index (κ1) is 16.8. The van der Waals surface area contributed by atoms with E-state index in [2.05, 4.69) is 5.32 Å². The van der Waals surface area contributed by atoms with Crippen LogP contribution in [0.15, 0.2) is 24.3 Å². The van der Waals surface area contributed by atoms with Crippen LogP contribution in [-0.4, -0.2) is 36.3 Å². The number of nitrogens with zero attached hydrogens (tertiary/aromatic N) is 1. The normalized spacial score (nSPS) is 17.9. The van der Waals surface area contributed by atoms with E-state index in [-0.39, 0.29) is 23.8 Å². The van der Waals surface area contributed by atoms with Gasteiger partial charge >= 0.3 is 0 Å². The summed E-state index contributed by atoms with van der Waals surface area (Å²) < 4.78 is 0. The summed E-state index contributed by atoms with van der Waals surface area (Å²) in [5.74, 6) is -0.331. The lowest BCUT2D eigenvalue weighted by Crippen LogP contribution is -2.44. The van der Waals surface area contributed by atoms with Gasteiger partial charge in [0.25, 0.3) is 0 Å². The van der Waals surface area contributed by atoms with Gasteiger partial charge in [0.1, 0.15) is 0 Å². The van der Waals surface area contributed by atoms with Gasteiger partial charge in [-0.25, -0.2) is 0 Å². The number of carbonyl (C=O) groups is 2. The van der Waals surface area contributed by atoms with Crippen LogP contribution in [0.2, 0.25) is 5.02 Å². The first-order valence-electron chi connectivity index (χ1n) is 7.53. The number of nitrogens with two attached hydrogens (primary N) is 1. The Bertz CT molecular complexity index is 542. The second-order valence-electron chi connectivity index (χ2n) is 5.76. The zero-order chi connectivity index (χ0) is 16.1. The van der Waals surface area contributed by atoms with Crippen LogP contribution in [0.1, 0.15) is 31.4 Å². The van der Waals surface area contributed by atoms with Gasteiger partial charge in [-0.2, -0.15) is 0 Å². The molecule has 1 aliphatic rings. The van der Waals surface area contributed by atoms with E-state index in [9.17, 15) is 9.59 Å². The molecule has 120 valence electrons. The number of carbonyl (C=O) groups excluding carboxylic acids is 2. The zero-order valence-corrected chi connectivity index (χ0v) is 13.5. The number of amides is 2. The molecule has 0 saturated carbocycles. The summed E-state index contributed by atoms with van der Waals surface area (Å²) in [7, 11) is 0. The fraction of sp³-hybridized carbons (Fsp3) is 0.500. The maximum absolute atomic E-state index is 12.1. The van der Waals surface area contributed by atoms with E-state index in [4.69, 9.17) is 17.3 Å². The van der Waals surface area contributed by atoms with E-state index in [0.717, 1.165) is 31.5 Å². The van der Waals surface area contributed by atoms with Crippen LogP contribution in [0.3, 0.4) is 0 Å². The highest BCUT2D eigenvalue weighted by atomic mass is 35.5. The Morgan fingerprint density at radius 2 is 2.00 bits per heavy atom. The summed E-state index contributed by atoms with van der Waals surface area (Å²) in [6.07, 6.45) is 1.45. The van der Waals surface area contributed by atoms with Gasteiger partial charge in [-0.05, 0) is 44.5 Å². The highest BCUT2D eigenvalue weighted by Crippen LogP contribution is 2.22. The molecule has 0 radical (unpaired) electrons. The molecule has 2 amide bonds. The lowest BCUT2D eigenvalue weighted by atomic mass is 9.96. The van der Waals surface area contributed by atoms with Crippen molar-refractivity contribution < 1.29 is 9.59 Å². The van der Waals surface area contributed by atoms with E-state index in [1.807, 2.05) is 36.1 Å². The lowest BCUT2D eigenvalue weighted by Gasteiger charge is -2.30. The van der Waals surface area contributed by atoms with Crippen molar-refractivity contribution in [3.05, 3.63) is 34.9 Å². The third-order valence-corrected chi connectivity index (χ3v) is 4.45. The number of likely N-dealkylation sites (tertiary alicyclic amines) is 1. The number of rotatable bonds is 5. The molecule has 1 aromatic carbocycles. The quantitative estimate of drug-likeness (QED) is 0.866. The molecule has 1 fully saturated rings. The van der Waals surface area contributed by atoms with E-state index in [0.29, 0.717) is 11.6 Å². The van der Waals surface area contributed by atoms with Crippen molar-refractivity contribution in [2.75, 3.05) is 19.6 Å². The molecule has 1 aromatic rings. The average molecular weight is 324 g/mol. The Kier molecular flexibility index (Phi) is 5.80. The molecule has 6 heteroatoms. The Labute approximate surface area is 135 Å². The number of benzene rings is 1. The number of piperidine rings is 1. The van der Waals surface area contributed by atoms with Crippen LogP contribution in [0.5, 0.6) is 0 Å². The van der Waals surface area contributed by atoms with Crippen LogP contribution in [-0.2, 0) is 9.59 Å². The molecule has 1 heterocycles. The maximum atomic E-state index is 12.1. The van der Waals surface area contributed by atoms with Gasteiger partial charge in [0.15, 0.2) is 0 Å². The van der Waals surface area contributed by atoms with Crippen LogP contribution >= 0.6 is 11.6 Å². The molecule has 0 aromatic heterocycles. The Morgan fingerprint density at radius 1 is 1.36 bits per heavy atom. The van der Waals surface area contributed by atoms with Gasteiger partial charge < -0.3 is 11.1 Å². The summed E-state index contributed by atoms with van der Waals surface area (Å²) in [6, 6.07) is 7.35. The Balaban J connectivity index is 1.81. The molecule has 0 unspecified atom stereocenters. The minimum atomic E-state index is -0.239. The van der Waals surface area contributed by atoms with Crippen LogP contribution < -0.4 is 11.1 Å². The molecule has 2 rings (SSSR count). The van der Waals surface area contributed by atoms with Crippen LogP contribution in [0.25, 0.3) is 0 Å². The molecule has 22 heavy (non-hydrogen) atoms. The summed E-state index contributed by atoms with van der Waals surface area (Å²) in [5.41, 5.74) is 6.22. The predicted octanol–water partition coefficient (Wildman–Crippen LogP) is 1.71. The molecule has 1 saturated heterocycles. The molecule has 0 spiro atoms. The minimum Gasteiger partial charge on any atom is -0.369 e. The van der Waals surface area contributed by atoms with Crippen molar-refractivity contribution in [2.45, 2.75) is 25.8 Å². The summed E-state index contributed by atoms with van der Waals surface area (Å²) in [6.45, 7) is 3.70. The van der Waals surface area contributed by atoms with Crippen molar-refractivity contribution in [3.63, 3.8) is 0 Å². The van der Waals surface area contributed by atoms with E-state index < -0.39 is 0 Å². The zero-order valence-electron chi connectivity index (χ0n) is 12.7. The summed E-state index contributed by atoms with van der Waals surface area (Å²) >= 11 is 6.13. The number of hydrogen-bond donors (Lipinski definition) is 2. The summed E-state index contributed by atoms with van der Waals surface area (Å²) in [5, 5.41) is 3.61. The first-order chi connectivity index (χ1) is 10.5. The summed E-state index contributed by atoms with van der Waals surface area (Å²) in [4.78, 5) is 25.3. The fourth-order valence-corrected chi connectivity index (χ4v) is 3.07. The van der Waals surface area contributed by atoms with Gasteiger partial charge in [0.2, 0.25) is 11.8 Å². The number of primary amides is 1. The van der Waals surface area contributed by atoms with Crippen LogP contribution in [0.4, 0.5) is 0 Å². The SMILES string of the molecule is C[C@@H](NC(=O)CN1CCC(C(N)=O)CC1)c1ccccc1Cl. The lowest BCUT2D eigenvalue weighted by molar-refractivity contribution is -0.124. The maximum Gasteiger partial charge on any atom is 0.234 e. The molecule has 3 N–H and O–H groups in total. The highest BCUT2D eigenvalue weighted by molar-refractivity contribution is 6.31. The van der Waals surface area contributed by atoms with Crippen molar-refractivity contribution in [1.29, 1.82) is 0 Å². The van der Waals surface area contributed by atoms with Crippen molar-refractivity contribution in [3.8, 4) is 0 Å². The highest BCUT2D eigenvalue weighted by Gasteiger charge is 2.24. The van der Waals surface area contributed by atoms with Crippen LogP contribution in [0, 0.1) is 5.92 Å². The molecule has 5 nitrogen and oxygen atoms in total. The molecule has 0 bridgehead atoms. The van der Waals surface area contributed by atoms with Crippen molar-refractivity contribution in [1.82, 2.24) is 10.2 Å². The van der Waals surface area contributed by atoms with Gasteiger partial charge in [-0.3, -0.25) is 14.5 Å². The smallest absolute Gasteiger partial charge is 0.234 e. The van der Waals surface area contributed by atoms with E-state index >= 15 is 0 Å². The molecule has 1 atom stereocenters.